The summed E-state index contributed by atoms with van der Waals surface area (Å²) in [5.41, 5.74) is -0.178. The second-order valence-electron chi connectivity index (χ2n) is 4.23. The molecule has 0 saturated carbocycles. The molecule has 0 heterocycles. The summed E-state index contributed by atoms with van der Waals surface area (Å²) in [6, 6.07) is 0. The SMILES string of the molecule is C=CCCC(C)(C)C(=O)C(C)C. The van der Waals surface area contributed by atoms with Crippen molar-refractivity contribution in [2.75, 3.05) is 0 Å². The molecule has 0 aromatic rings. The Bertz CT molecular complexity index is 166. The predicted molar refractivity (Wildman–Crippen MR) is 53.1 cm³/mol. The number of carbonyl (C=O) groups is 1. The van der Waals surface area contributed by atoms with Crippen LogP contribution in [0.3, 0.4) is 0 Å². The average molecular weight is 168 g/mol. The van der Waals surface area contributed by atoms with Gasteiger partial charge in [-0.2, -0.15) is 0 Å². The molecular formula is C11H20O. The molecule has 0 spiro atoms. The molecular weight excluding hydrogens is 148 g/mol. The summed E-state index contributed by atoms with van der Waals surface area (Å²) in [5.74, 6) is 0.495. The topological polar surface area (TPSA) is 17.1 Å². The lowest BCUT2D eigenvalue weighted by atomic mass is 9.79. The van der Waals surface area contributed by atoms with E-state index in [0.29, 0.717) is 5.78 Å². The van der Waals surface area contributed by atoms with Gasteiger partial charge in [-0.05, 0) is 12.8 Å². The zero-order valence-electron chi connectivity index (χ0n) is 8.68. The Balaban J connectivity index is 4.18. The molecule has 0 unspecified atom stereocenters. The average Bonchev–Trinajstić information content (AvgIpc) is 1.99. The van der Waals surface area contributed by atoms with Gasteiger partial charge in [-0.1, -0.05) is 33.8 Å². The van der Waals surface area contributed by atoms with Crippen LogP contribution >= 0.6 is 0 Å². The van der Waals surface area contributed by atoms with Gasteiger partial charge in [0, 0.05) is 11.3 Å². The highest BCUT2D eigenvalue weighted by Crippen LogP contribution is 2.26. The van der Waals surface area contributed by atoms with Crippen molar-refractivity contribution in [3.8, 4) is 0 Å². The molecule has 1 heteroatoms. The molecule has 0 bridgehead atoms. The number of rotatable bonds is 5. The van der Waals surface area contributed by atoms with Crippen molar-refractivity contribution < 1.29 is 4.79 Å². The predicted octanol–water partition coefficient (Wildman–Crippen LogP) is 3.20. The Morgan fingerprint density at radius 3 is 2.33 bits per heavy atom. The quantitative estimate of drug-likeness (QED) is 0.576. The molecule has 70 valence electrons. The Morgan fingerprint density at radius 1 is 1.50 bits per heavy atom. The zero-order chi connectivity index (χ0) is 9.78. The smallest absolute Gasteiger partial charge is 0.141 e. The summed E-state index contributed by atoms with van der Waals surface area (Å²) in [6.07, 6.45) is 3.70. The highest BCUT2D eigenvalue weighted by atomic mass is 16.1. The van der Waals surface area contributed by atoms with Gasteiger partial charge in [0.15, 0.2) is 0 Å². The van der Waals surface area contributed by atoms with Crippen molar-refractivity contribution >= 4 is 5.78 Å². The van der Waals surface area contributed by atoms with Gasteiger partial charge in [-0.3, -0.25) is 4.79 Å². The van der Waals surface area contributed by atoms with Crippen molar-refractivity contribution in [1.82, 2.24) is 0 Å². The summed E-state index contributed by atoms with van der Waals surface area (Å²) in [4.78, 5) is 11.6. The maximum absolute atomic E-state index is 11.6. The van der Waals surface area contributed by atoms with Crippen LogP contribution in [0.15, 0.2) is 12.7 Å². The Hall–Kier alpha value is -0.590. The largest absolute Gasteiger partial charge is 0.299 e. The minimum atomic E-state index is -0.178. The van der Waals surface area contributed by atoms with Crippen LogP contribution in [0, 0.1) is 11.3 Å². The molecule has 0 aliphatic heterocycles. The van der Waals surface area contributed by atoms with Gasteiger partial charge in [-0.25, -0.2) is 0 Å². The van der Waals surface area contributed by atoms with Gasteiger partial charge >= 0.3 is 0 Å². The first-order chi connectivity index (χ1) is 5.41. The van der Waals surface area contributed by atoms with Crippen LogP contribution in [0.4, 0.5) is 0 Å². The minimum absolute atomic E-state index is 0.143. The van der Waals surface area contributed by atoms with Crippen molar-refractivity contribution in [1.29, 1.82) is 0 Å². The first-order valence-corrected chi connectivity index (χ1v) is 4.57. The van der Waals surface area contributed by atoms with Gasteiger partial charge < -0.3 is 0 Å². The highest BCUT2D eigenvalue weighted by Gasteiger charge is 2.28. The summed E-state index contributed by atoms with van der Waals surface area (Å²) >= 11 is 0. The molecule has 0 aliphatic rings. The van der Waals surface area contributed by atoms with Crippen LogP contribution in [0.5, 0.6) is 0 Å². The summed E-state index contributed by atoms with van der Waals surface area (Å²) < 4.78 is 0. The molecule has 0 N–H and O–H groups in total. The number of carbonyl (C=O) groups excluding carboxylic acids is 1. The minimum Gasteiger partial charge on any atom is -0.299 e. The fourth-order valence-corrected chi connectivity index (χ4v) is 1.37. The third-order valence-corrected chi connectivity index (χ3v) is 2.16. The lowest BCUT2D eigenvalue weighted by Gasteiger charge is -2.24. The fourth-order valence-electron chi connectivity index (χ4n) is 1.37. The molecule has 0 saturated heterocycles. The van der Waals surface area contributed by atoms with E-state index in [1.807, 2.05) is 33.8 Å². The van der Waals surface area contributed by atoms with E-state index in [1.165, 1.54) is 0 Å². The van der Waals surface area contributed by atoms with Gasteiger partial charge in [-0.15, -0.1) is 6.58 Å². The molecule has 0 radical (unpaired) electrons. The van der Waals surface area contributed by atoms with Crippen LogP contribution in [-0.4, -0.2) is 5.78 Å². The summed E-state index contributed by atoms with van der Waals surface area (Å²) in [6.45, 7) is 11.6. The van der Waals surface area contributed by atoms with Gasteiger partial charge in [0.25, 0.3) is 0 Å². The molecule has 0 rings (SSSR count). The van der Waals surface area contributed by atoms with Crippen molar-refractivity contribution in [3.05, 3.63) is 12.7 Å². The molecule has 12 heavy (non-hydrogen) atoms. The fraction of sp³-hybridized carbons (Fsp3) is 0.727. The van der Waals surface area contributed by atoms with E-state index < -0.39 is 0 Å². The van der Waals surface area contributed by atoms with Crippen molar-refractivity contribution in [3.63, 3.8) is 0 Å². The van der Waals surface area contributed by atoms with Crippen LogP contribution in [-0.2, 0) is 4.79 Å². The number of hydrogen-bond donors (Lipinski definition) is 0. The van der Waals surface area contributed by atoms with E-state index in [2.05, 4.69) is 6.58 Å². The Morgan fingerprint density at radius 2 is 2.00 bits per heavy atom. The normalized spacial score (nSPS) is 11.8. The molecule has 0 fully saturated rings. The van der Waals surface area contributed by atoms with Crippen molar-refractivity contribution in [2.24, 2.45) is 11.3 Å². The summed E-state index contributed by atoms with van der Waals surface area (Å²) in [7, 11) is 0. The summed E-state index contributed by atoms with van der Waals surface area (Å²) in [5, 5.41) is 0. The van der Waals surface area contributed by atoms with E-state index in [1.54, 1.807) is 0 Å². The zero-order valence-corrected chi connectivity index (χ0v) is 8.68. The molecule has 0 aromatic heterocycles. The molecule has 0 amide bonds. The monoisotopic (exact) mass is 168 g/mol. The maximum atomic E-state index is 11.6. The number of hydrogen-bond acceptors (Lipinski definition) is 1. The number of ketones is 1. The first kappa shape index (κ1) is 11.4. The number of allylic oxidation sites excluding steroid dienone is 1. The molecule has 0 aromatic carbocycles. The van der Waals surface area contributed by atoms with Crippen molar-refractivity contribution in [2.45, 2.75) is 40.5 Å². The van der Waals surface area contributed by atoms with E-state index in [4.69, 9.17) is 0 Å². The molecule has 0 atom stereocenters. The van der Waals surface area contributed by atoms with E-state index in [9.17, 15) is 4.79 Å². The Labute approximate surface area is 75.9 Å². The van der Waals surface area contributed by atoms with E-state index in [-0.39, 0.29) is 11.3 Å². The molecule has 1 nitrogen and oxygen atoms in total. The van der Waals surface area contributed by atoms with Crippen LogP contribution in [0.1, 0.15) is 40.5 Å². The number of Topliss-reactive ketones (excluding diaryl/α,β-unsaturated/α-hetero) is 1. The maximum Gasteiger partial charge on any atom is 0.141 e. The third kappa shape index (κ3) is 3.21. The van der Waals surface area contributed by atoms with Gasteiger partial charge in [0.1, 0.15) is 5.78 Å². The lowest BCUT2D eigenvalue weighted by molar-refractivity contribution is -0.130. The van der Waals surface area contributed by atoms with E-state index >= 15 is 0 Å². The van der Waals surface area contributed by atoms with Crippen LogP contribution in [0.2, 0.25) is 0 Å². The first-order valence-electron chi connectivity index (χ1n) is 4.57. The third-order valence-electron chi connectivity index (χ3n) is 2.16. The Kier molecular flexibility index (Phi) is 4.22. The van der Waals surface area contributed by atoms with Crippen LogP contribution < -0.4 is 0 Å². The van der Waals surface area contributed by atoms with Gasteiger partial charge in [0.2, 0.25) is 0 Å². The second kappa shape index (κ2) is 4.44. The molecule has 0 aliphatic carbocycles. The van der Waals surface area contributed by atoms with Crippen LogP contribution in [0.25, 0.3) is 0 Å². The van der Waals surface area contributed by atoms with E-state index in [0.717, 1.165) is 12.8 Å². The second-order valence-corrected chi connectivity index (χ2v) is 4.23. The van der Waals surface area contributed by atoms with Gasteiger partial charge in [0.05, 0.1) is 0 Å². The lowest BCUT2D eigenvalue weighted by Crippen LogP contribution is -2.28. The standard InChI is InChI=1S/C11H20O/c1-6-7-8-11(4,5)10(12)9(2)3/h6,9H,1,7-8H2,2-5H3. The highest BCUT2D eigenvalue weighted by molar-refractivity contribution is 5.85.